The van der Waals surface area contributed by atoms with Crippen molar-refractivity contribution in [3.8, 4) is 0 Å². The van der Waals surface area contributed by atoms with Crippen LogP contribution in [0.5, 0.6) is 0 Å². The maximum absolute atomic E-state index is 12.6. The number of aromatic nitrogens is 5. The summed E-state index contributed by atoms with van der Waals surface area (Å²) >= 11 is 0. The lowest BCUT2D eigenvalue weighted by Gasteiger charge is -2.10. The number of fused-ring (bicyclic) bond motifs is 2. The average molecular weight is 349 g/mol. The van der Waals surface area contributed by atoms with Gasteiger partial charge >= 0.3 is 0 Å². The largest absolute Gasteiger partial charge is 0.368 e. The Bertz CT molecular complexity index is 1100. The molecule has 1 aromatic carbocycles. The number of rotatable bonds is 5. The third-order valence-electron chi connectivity index (χ3n) is 4.22. The molecule has 0 aliphatic heterocycles. The molecule has 0 unspecified atom stereocenters. The van der Waals surface area contributed by atoms with Crippen LogP contribution in [0.2, 0.25) is 0 Å². The van der Waals surface area contributed by atoms with Crippen LogP contribution in [-0.4, -0.2) is 43.6 Å². The van der Waals surface area contributed by atoms with Crippen molar-refractivity contribution >= 4 is 28.4 Å². The van der Waals surface area contributed by atoms with Crippen LogP contribution in [-0.2, 0) is 0 Å². The number of amides is 1. The predicted octanol–water partition coefficient (Wildman–Crippen LogP) is 2.06. The van der Waals surface area contributed by atoms with Gasteiger partial charge in [-0.3, -0.25) is 4.79 Å². The van der Waals surface area contributed by atoms with Gasteiger partial charge in [0.25, 0.3) is 11.7 Å². The topological polar surface area (TPSA) is 100 Å². The van der Waals surface area contributed by atoms with Crippen molar-refractivity contribution in [2.75, 3.05) is 18.4 Å². The van der Waals surface area contributed by atoms with Crippen LogP contribution in [0.3, 0.4) is 0 Å². The van der Waals surface area contributed by atoms with E-state index < -0.39 is 0 Å². The molecule has 3 N–H and O–H groups in total. The van der Waals surface area contributed by atoms with Gasteiger partial charge < -0.3 is 15.6 Å². The zero-order chi connectivity index (χ0) is 18.1. The first-order valence-electron chi connectivity index (χ1n) is 8.40. The molecule has 3 aromatic heterocycles. The molecule has 0 aliphatic carbocycles. The highest BCUT2D eigenvalue weighted by Gasteiger charge is 2.15. The van der Waals surface area contributed by atoms with Crippen LogP contribution >= 0.6 is 0 Å². The van der Waals surface area contributed by atoms with Crippen LogP contribution in [0.15, 0.2) is 36.7 Å². The molecule has 0 saturated heterocycles. The Morgan fingerprint density at radius 2 is 2.08 bits per heavy atom. The van der Waals surface area contributed by atoms with Crippen molar-refractivity contribution in [2.45, 2.75) is 13.8 Å². The molecule has 1 amide bonds. The van der Waals surface area contributed by atoms with Crippen molar-refractivity contribution < 1.29 is 4.79 Å². The number of carbonyl (C=O) groups excluding carboxylic acids is 1. The average Bonchev–Trinajstić information content (AvgIpc) is 3.21. The fourth-order valence-electron chi connectivity index (χ4n) is 3.08. The number of para-hydroxylation sites is 1. The summed E-state index contributed by atoms with van der Waals surface area (Å²) in [4.78, 5) is 24.2. The van der Waals surface area contributed by atoms with Gasteiger partial charge in [-0.1, -0.05) is 18.2 Å². The van der Waals surface area contributed by atoms with Crippen LogP contribution in [0.1, 0.15) is 21.7 Å². The van der Waals surface area contributed by atoms with E-state index in [1.807, 2.05) is 44.2 Å². The third kappa shape index (κ3) is 2.85. The molecular formula is C18H19N7O. The summed E-state index contributed by atoms with van der Waals surface area (Å²) in [5.41, 5.74) is 3.38. The Labute approximate surface area is 149 Å². The number of hydrogen-bond acceptors (Lipinski definition) is 5. The first-order chi connectivity index (χ1) is 12.6. The number of anilines is 1. The van der Waals surface area contributed by atoms with E-state index in [4.69, 9.17) is 0 Å². The standard InChI is InChI=1S/C18H19N7O/c1-11-9-15(25-18(23-11)21-10-22-25)19-7-8-20-17(26)16-12(2)24-14-6-4-3-5-13(14)16/h3-6,9-10,19,24H,7-8H2,1-2H3,(H,20,26). The number of nitrogens with one attached hydrogen (secondary N) is 3. The first-order valence-corrected chi connectivity index (χ1v) is 8.40. The van der Waals surface area contributed by atoms with Crippen molar-refractivity contribution in [3.63, 3.8) is 0 Å². The van der Waals surface area contributed by atoms with Crippen LogP contribution in [0, 0.1) is 13.8 Å². The van der Waals surface area contributed by atoms with E-state index in [0.29, 0.717) is 24.4 Å². The SMILES string of the molecule is Cc1cc(NCCNC(=O)c2c(C)[nH]c3ccccc23)n2ncnc2n1. The van der Waals surface area contributed by atoms with Gasteiger partial charge in [-0.2, -0.15) is 14.6 Å². The summed E-state index contributed by atoms with van der Waals surface area (Å²) in [6.45, 7) is 4.86. The summed E-state index contributed by atoms with van der Waals surface area (Å²) in [7, 11) is 0. The van der Waals surface area contributed by atoms with Gasteiger partial charge in [0.15, 0.2) is 0 Å². The van der Waals surface area contributed by atoms with Crippen LogP contribution in [0.25, 0.3) is 16.7 Å². The first kappa shape index (κ1) is 16.1. The highest BCUT2D eigenvalue weighted by molar-refractivity contribution is 6.08. The number of benzene rings is 1. The fourth-order valence-corrected chi connectivity index (χ4v) is 3.08. The zero-order valence-electron chi connectivity index (χ0n) is 14.6. The Balaban J connectivity index is 1.42. The quantitative estimate of drug-likeness (QED) is 0.479. The number of carbonyl (C=O) groups is 1. The number of H-pyrrole nitrogens is 1. The van der Waals surface area contributed by atoms with Crippen molar-refractivity contribution in [1.29, 1.82) is 0 Å². The molecule has 0 fully saturated rings. The summed E-state index contributed by atoms with van der Waals surface area (Å²) in [6.07, 6.45) is 1.47. The molecule has 0 atom stereocenters. The van der Waals surface area contributed by atoms with E-state index in [9.17, 15) is 4.79 Å². The highest BCUT2D eigenvalue weighted by atomic mass is 16.1. The van der Waals surface area contributed by atoms with E-state index in [-0.39, 0.29) is 5.91 Å². The minimum atomic E-state index is -0.0847. The van der Waals surface area contributed by atoms with Gasteiger partial charge in [-0.15, -0.1) is 0 Å². The van der Waals surface area contributed by atoms with Crippen molar-refractivity contribution in [3.05, 3.63) is 53.6 Å². The molecule has 0 radical (unpaired) electrons. The Hall–Kier alpha value is -3.42. The summed E-state index contributed by atoms with van der Waals surface area (Å²) in [5.74, 6) is 1.26. The molecule has 132 valence electrons. The number of aryl methyl sites for hydroxylation is 2. The monoisotopic (exact) mass is 349 g/mol. The minimum absolute atomic E-state index is 0.0847. The lowest BCUT2D eigenvalue weighted by molar-refractivity contribution is 0.0956. The zero-order valence-corrected chi connectivity index (χ0v) is 14.6. The van der Waals surface area contributed by atoms with Gasteiger partial charge in [-0.05, 0) is 19.9 Å². The molecule has 3 heterocycles. The van der Waals surface area contributed by atoms with Crippen molar-refractivity contribution in [1.82, 2.24) is 29.9 Å². The Kier molecular flexibility index (Phi) is 4.00. The molecule has 0 saturated carbocycles. The lowest BCUT2D eigenvalue weighted by Crippen LogP contribution is -2.29. The van der Waals surface area contributed by atoms with E-state index >= 15 is 0 Å². The maximum atomic E-state index is 12.6. The number of hydrogen-bond donors (Lipinski definition) is 3. The second kappa shape index (κ2) is 6.47. The molecule has 0 bridgehead atoms. The van der Waals surface area contributed by atoms with Gasteiger partial charge in [0.1, 0.15) is 12.1 Å². The van der Waals surface area contributed by atoms with Crippen LogP contribution < -0.4 is 10.6 Å². The van der Waals surface area contributed by atoms with E-state index in [2.05, 4.69) is 30.7 Å². The molecule has 26 heavy (non-hydrogen) atoms. The van der Waals surface area contributed by atoms with E-state index in [0.717, 1.165) is 28.1 Å². The molecule has 4 aromatic rings. The highest BCUT2D eigenvalue weighted by Crippen LogP contribution is 2.21. The van der Waals surface area contributed by atoms with E-state index in [1.165, 1.54) is 6.33 Å². The smallest absolute Gasteiger partial charge is 0.254 e. The number of aromatic amines is 1. The Morgan fingerprint density at radius 1 is 1.23 bits per heavy atom. The molecule has 8 nitrogen and oxygen atoms in total. The number of nitrogens with zero attached hydrogens (tertiary/aromatic N) is 4. The summed E-state index contributed by atoms with van der Waals surface area (Å²) in [5, 5.41) is 11.3. The Morgan fingerprint density at radius 3 is 2.96 bits per heavy atom. The molecular weight excluding hydrogens is 330 g/mol. The normalized spacial score (nSPS) is 11.2. The minimum Gasteiger partial charge on any atom is -0.368 e. The van der Waals surface area contributed by atoms with E-state index in [1.54, 1.807) is 4.52 Å². The van der Waals surface area contributed by atoms with Crippen LogP contribution in [0.4, 0.5) is 5.82 Å². The fraction of sp³-hybridized carbons (Fsp3) is 0.222. The van der Waals surface area contributed by atoms with Gasteiger partial charge in [0.2, 0.25) is 0 Å². The molecule has 4 rings (SSSR count). The summed E-state index contributed by atoms with van der Waals surface area (Å²) < 4.78 is 1.64. The lowest BCUT2D eigenvalue weighted by atomic mass is 10.1. The second-order valence-electron chi connectivity index (χ2n) is 6.11. The summed E-state index contributed by atoms with van der Waals surface area (Å²) in [6, 6.07) is 9.70. The maximum Gasteiger partial charge on any atom is 0.254 e. The van der Waals surface area contributed by atoms with Gasteiger partial charge in [0.05, 0.1) is 5.56 Å². The van der Waals surface area contributed by atoms with Gasteiger partial charge in [-0.25, -0.2) is 4.98 Å². The molecule has 8 heteroatoms. The second-order valence-corrected chi connectivity index (χ2v) is 6.11. The predicted molar refractivity (Wildman–Crippen MR) is 99.4 cm³/mol. The molecule has 0 aliphatic rings. The third-order valence-corrected chi connectivity index (χ3v) is 4.22. The van der Waals surface area contributed by atoms with Crippen molar-refractivity contribution in [2.24, 2.45) is 0 Å². The molecule has 0 spiro atoms. The van der Waals surface area contributed by atoms with Gasteiger partial charge in [0, 0.05) is 41.4 Å².